The fourth-order valence-electron chi connectivity index (χ4n) is 9.73. The van der Waals surface area contributed by atoms with E-state index in [1.54, 1.807) is 26.0 Å². The van der Waals surface area contributed by atoms with Crippen LogP contribution in [0.4, 0.5) is 0 Å². The normalized spacial score (nSPS) is 18.1. The van der Waals surface area contributed by atoms with Gasteiger partial charge >= 0.3 is 0 Å². The monoisotopic (exact) mass is 710 g/mol. The minimum Gasteiger partial charge on any atom is -0.459 e. The summed E-state index contributed by atoms with van der Waals surface area (Å²) in [5.74, 6) is -1.30. The molecule has 9 rings (SSSR count). The lowest BCUT2D eigenvalue weighted by Crippen LogP contribution is -2.29. The molecular formula is C45H39ClO6. The van der Waals surface area contributed by atoms with Crippen molar-refractivity contribution in [3.8, 4) is 22.6 Å². The van der Waals surface area contributed by atoms with Crippen molar-refractivity contribution < 1.29 is 28.0 Å². The third-order valence-electron chi connectivity index (χ3n) is 12.4. The Hall–Kier alpha value is -4.81. The quantitative estimate of drug-likeness (QED) is 0.173. The van der Waals surface area contributed by atoms with Gasteiger partial charge in [0.2, 0.25) is 23.1 Å². The fraction of sp³-hybridized carbons (Fsp3) is 0.333. The molecule has 0 radical (unpaired) electrons. The van der Waals surface area contributed by atoms with Crippen molar-refractivity contribution in [1.82, 2.24) is 0 Å². The highest BCUT2D eigenvalue weighted by molar-refractivity contribution is 6.54. The number of benzene rings is 3. The number of furan rings is 2. The predicted octanol–water partition coefficient (Wildman–Crippen LogP) is 10.6. The lowest BCUT2D eigenvalue weighted by molar-refractivity contribution is 0.0813. The first-order valence-corrected chi connectivity index (χ1v) is 18.6. The molecule has 0 amide bonds. The van der Waals surface area contributed by atoms with Crippen LogP contribution in [0, 0.1) is 13.8 Å². The van der Waals surface area contributed by atoms with Gasteiger partial charge in [-0.25, -0.2) is 0 Å². The van der Waals surface area contributed by atoms with Gasteiger partial charge in [-0.2, -0.15) is 0 Å². The summed E-state index contributed by atoms with van der Waals surface area (Å²) in [5.41, 5.74) is 8.31. The summed E-state index contributed by atoms with van der Waals surface area (Å²) in [4.78, 5) is 56.1. The van der Waals surface area contributed by atoms with E-state index in [2.05, 4.69) is 39.8 Å². The second-order valence-electron chi connectivity index (χ2n) is 16.4. The van der Waals surface area contributed by atoms with E-state index in [0.717, 1.165) is 66.3 Å². The number of rotatable bonds is 3. The molecule has 52 heavy (non-hydrogen) atoms. The number of carbonyl (C=O) groups is 4. The largest absolute Gasteiger partial charge is 0.459 e. The molecule has 0 saturated heterocycles. The standard InChI is InChI=1S/C45H39ClO6/c1-21-31-36(47)38(49)34-25-9-7-19-44(3,4)29(25)17-15-27(34)42(31)51-40(21)33(23-11-13-24(46)14-12-23)41-22(2)32-37(48)39(50)35-26-10-8-20-45(5,6)30(26)18-16-28(35)43(32)52-41/h11-18,33H,7-10,19-20H2,1-6H3. The summed E-state index contributed by atoms with van der Waals surface area (Å²) in [6.45, 7) is 12.3. The van der Waals surface area contributed by atoms with Crippen LogP contribution in [0.1, 0.15) is 151 Å². The van der Waals surface area contributed by atoms with Crippen LogP contribution < -0.4 is 0 Å². The van der Waals surface area contributed by atoms with E-state index in [4.69, 9.17) is 20.4 Å². The minimum absolute atomic E-state index is 0.112. The van der Waals surface area contributed by atoms with Gasteiger partial charge in [0, 0.05) is 38.4 Å². The average Bonchev–Trinajstić information content (AvgIpc) is 3.63. The van der Waals surface area contributed by atoms with Crippen molar-refractivity contribution in [3.63, 3.8) is 0 Å². The van der Waals surface area contributed by atoms with Crippen LogP contribution in [0.3, 0.4) is 0 Å². The molecule has 0 unspecified atom stereocenters. The second kappa shape index (κ2) is 11.1. The van der Waals surface area contributed by atoms with Crippen molar-refractivity contribution >= 4 is 34.7 Å². The van der Waals surface area contributed by atoms with Crippen LogP contribution in [0.5, 0.6) is 0 Å². The van der Waals surface area contributed by atoms with Gasteiger partial charge in [0.05, 0.1) is 11.1 Å². The Morgan fingerprint density at radius 3 is 1.40 bits per heavy atom. The number of halogens is 1. The molecule has 262 valence electrons. The smallest absolute Gasteiger partial charge is 0.237 e. The topological polar surface area (TPSA) is 94.6 Å². The molecule has 0 atom stereocenters. The van der Waals surface area contributed by atoms with Gasteiger partial charge in [0.1, 0.15) is 29.0 Å². The Bertz CT molecular complexity index is 2320. The van der Waals surface area contributed by atoms with Gasteiger partial charge in [-0.05, 0) is 103 Å². The van der Waals surface area contributed by atoms with Crippen molar-refractivity contribution in [3.05, 3.63) is 126 Å². The maximum atomic E-state index is 14.1. The SMILES string of the molecule is Cc1c(C(c2ccc(Cl)cc2)c2oc3c(c2C)C(=O)C(=O)c2c-3ccc3c2CCCC3(C)C)oc2c1C(=O)C(=O)c1c-2ccc2c1CCCC2(C)C. The van der Waals surface area contributed by atoms with Gasteiger partial charge in [-0.3, -0.25) is 19.2 Å². The van der Waals surface area contributed by atoms with E-state index >= 15 is 0 Å². The van der Waals surface area contributed by atoms with E-state index in [1.165, 1.54) is 0 Å². The van der Waals surface area contributed by atoms with Crippen LogP contribution in [-0.4, -0.2) is 23.1 Å². The Balaban J connectivity index is 1.27. The molecule has 0 saturated carbocycles. The van der Waals surface area contributed by atoms with Crippen LogP contribution in [-0.2, 0) is 23.7 Å². The molecular weight excluding hydrogens is 672 g/mol. The first-order valence-electron chi connectivity index (χ1n) is 18.2. The molecule has 0 spiro atoms. The van der Waals surface area contributed by atoms with E-state index in [0.29, 0.717) is 61.4 Å². The highest BCUT2D eigenvalue weighted by Crippen LogP contribution is 2.51. The zero-order chi connectivity index (χ0) is 36.6. The molecule has 2 aromatic heterocycles. The van der Waals surface area contributed by atoms with Crippen molar-refractivity contribution in [2.45, 2.75) is 96.8 Å². The summed E-state index contributed by atoms with van der Waals surface area (Å²) >= 11 is 6.36. The Kier molecular flexibility index (Phi) is 7.05. The summed E-state index contributed by atoms with van der Waals surface area (Å²) in [7, 11) is 0. The third kappa shape index (κ3) is 4.43. The molecule has 0 bridgehead atoms. The molecule has 5 aromatic rings. The Morgan fingerprint density at radius 1 is 0.577 bits per heavy atom. The van der Waals surface area contributed by atoms with Gasteiger partial charge in [-0.15, -0.1) is 0 Å². The molecule has 3 aromatic carbocycles. The summed E-state index contributed by atoms with van der Waals surface area (Å²) in [5, 5.41) is 0.540. The van der Waals surface area contributed by atoms with Crippen LogP contribution in [0.2, 0.25) is 5.02 Å². The fourth-order valence-corrected chi connectivity index (χ4v) is 9.86. The Labute approximate surface area is 307 Å². The van der Waals surface area contributed by atoms with E-state index in [9.17, 15) is 19.2 Å². The molecule has 4 aliphatic carbocycles. The molecule has 0 aliphatic heterocycles. The minimum atomic E-state index is -0.723. The van der Waals surface area contributed by atoms with Crippen molar-refractivity contribution in [2.75, 3.05) is 0 Å². The maximum absolute atomic E-state index is 14.1. The summed E-state index contributed by atoms with van der Waals surface area (Å²) in [6, 6.07) is 15.3. The van der Waals surface area contributed by atoms with Gasteiger partial charge < -0.3 is 8.83 Å². The number of ketones is 4. The van der Waals surface area contributed by atoms with Gasteiger partial charge in [0.15, 0.2) is 0 Å². The van der Waals surface area contributed by atoms with E-state index in [1.807, 2.05) is 24.3 Å². The van der Waals surface area contributed by atoms with E-state index < -0.39 is 29.1 Å². The zero-order valence-electron chi connectivity index (χ0n) is 30.3. The molecule has 0 fully saturated rings. The zero-order valence-corrected chi connectivity index (χ0v) is 31.0. The average molecular weight is 711 g/mol. The lowest BCUT2D eigenvalue weighted by atomic mass is 9.69. The summed E-state index contributed by atoms with van der Waals surface area (Å²) in [6.07, 6.45) is 5.32. The maximum Gasteiger partial charge on any atom is 0.237 e. The molecule has 0 N–H and O–H groups in total. The summed E-state index contributed by atoms with van der Waals surface area (Å²) < 4.78 is 13.6. The number of Topliss-reactive ketones (excluding diaryl/α,β-unsaturated/α-hetero) is 4. The van der Waals surface area contributed by atoms with Gasteiger partial charge in [0.25, 0.3) is 0 Å². The molecule has 2 heterocycles. The van der Waals surface area contributed by atoms with Crippen LogP contribution in [0.15, 0.2) is 57.4 Å². The number of fused-ring (bicyclic) bond motifs is 10. The highest BCUT2D eigenvalue weighted by atomic mass is 35.5. The highest BCUT2D eigenvalue weighted by Gasteiger charge is 2.45. The number of carbonyl (C=O) groups excluding carboxylic acids is 4. The third-order valence-corrected chi connectivity index (χ3v) is 12.7. The van der Waals surface area contributed by atoms with E-state index in [-0.39, 0.29) is 22.0 Å². The van der Waals surface area contributed by atoms with Crippen LogP contribution in [0.25, 0.3) is 22.6 Å². The number of hydrogen-bond acceptors (Lipinski definition) is 6. The predicted molar refractivity (Wildman–Crippen MR) is 199 cm³/mol. The molecule has 4 aliphatic rings. The molecule has 7 heteroatoms. The lowest BCUT2D eigenvalue weighted by Gasteiger charge is -2.34. The second-order valence-corrected chi connectivity index (χ2v) is 16.8. The first-order chi connectivity index (χ1) is 24.7. The number of hydrogen-bond donors (Lipinski definition) is 0. The Morgan fingerprint density at radius 2 is 0.981 bits per heavy atom. The first kappa shape index (κ1) is 33.1. The van der Waals surface area contributed by atoms with Crippen molar-refractivity contribution in [2.24, 2.45) is 0 Å². The van der Waals surface area contributed by atoms with Crippen molar-refractivity contribution in [1.29, 1.82) is 0 Å². The van der Waals surface area contributed by atoms with Gasteiger partial charge in [-0.1, -0.05) is 75.7 Å². The van der Waals surface area contributed by atoms with Crippen LogP contribution >= 0.6 is 11.6 Å². The molecule has 6 nitrogen and oxygen atoms in total.